The zero-order chi connectivity index (χ0) is 7.98. The van der Waals surface area contributed by atoms with E-state index in [1.54, 1.807) is 0 Å². The zero-order valence-corrected chi connectivity index (χ0v) is 11.0. The molecule has 10 heavy (non-hydrogen) atoms. The standard InChI is InChI=1S/C6H13.C3H7.Zn/c1-3-5-6-4-2;1-3-2;/h5H,3-4,6H2,1-2H3;3H,1-2H3;. The van der Waals surface area contributed by atoms with Crippen LogP contribution in [-0.4, -0.2) is 0 Å². The van der Waals surface area contributed by atoms with Crippen molar-refractivity contribution in [1.29, 1.82) is 0 Å². The average molecular weight is 194 g/mol. The van der Waals surface area contributed by atoms with Crippen molar-refractivity contribution in [2.45, 2.75) is 56.0 Å². The monoisotopic (exact) mass is 192 g/mol. The second-order valence-electron chi connectivity index (χ2n) is 3.69. The summed E-state index contributed by atoms with van der Waals surface area (Å²) in [5, 5.41) is 0. The van der Waals surface area contributed by atoms with Crippen LogP contribution < -0.4 is 0 Å². The molecular formula is C9H20Zn. The second-order valence-corrected chi connectivity index (χ2v) is 10.5. The Morgan fingerprint density at radius 3 is 2.10 bits per heavy atom. The van der Waals surface area contributed by atoms with Gasteiger partial charge in [0.2, 0.25) is 0 Å². The van der Waals surface area contributed by atoms with Crippen molar-refractivity contribution in [1.82, 2.24) is 0 Å². The maximum absolute atomic E-state index is 2.40. The van der Waals surface area contributed by atoms with Crippen molar-refractivity contribution in [3.63, 3.8) is 0 Å². The van der Waals surface area contributed by atoms with Gasteiger partial charge in [-0.2, -0.15) is 0 Å². The van der Waals surface area contributed by atoms with Crippen LogP contribution in [0.2, 0.25) is 9.02 Å². The fourth-order valence-electron chi connectivity index (χ4n) is 1.56. The van der Waals surface area contributed by atoms with E-state index in [2.05, 4.69) is 27.7 Å². The van der Waals surface area contributed by atoms with Gasteiger partial charge in [0, 0.05) is 0 Å². The van der Waals surface area contributed by atoms with Gasteiger partial charge in [-0.1, -0.05) is 0 Å². The topological polar surface area (TPSA) is 0 Å². The first-order valence-corrected chi connectivity index (χ1v) is 8.13. The third-order valence-corrected chi connectivity index (χ3v) is 7.52. The number of rotatable bonds is 5. The maximum atomic E-state index is 2.40. The van der Waals surface area contributed by atoms with Gasteiger partial charge >= 0.3 is 73.1 Å². The molecule has 0 aliphatic rings. The molecule has 0 aromatic carbocycles. The Bertz CT molecular complexity index is 69.1. The molecule has 0 rings (SSSR count). The summed E-state index contributed by atoms with van der Waals surface area (Å²) >= 11 is -0.161. The minimum atomic E-state index is -0.161. The van der Waals surface area contributed by atoms with Gasteiger partial charge in [0.1, 0.15) is 0 Å². The summed E-state index contributed by atoms with van der Waals surface area (Å²) in [5.74, 6) is 0. The summed E-state index contributed by atoms with van der Waals surface area (Å²) in [4.78, 5) is 0. The van der Waals surface area contributed by atoms with E-state index in [-0.39, 0.29) is 17.1 Å². The van der Waals surface area contributed by atoms with Crippen LogP contribution in [0.3, 0.4) is 0 Å². The Kier molecular flexibility index (Phi) is 6.74. The fourth-order valence-corrected chi connectivity index (χ4v) is 6.41. The molecular weight excluding hydrogens is 173 g/mol. The second kappa shape index (κ2) is 6.34. The molecule has 0 bridgehead atoms. The van der Waals surface area contributed by atoms with Crippen LogP contribution in [0.5, 0.6) is 0 Å². The molecule has 1 heteroatoms. The van der Waals surface area contributed by atoms with Gasteiger partial charge < -0.3 is 0 Å². The third kappa shape index (κ3) is 5.41. The van der Waals surface area contributed by atoms with Gasteiger partial charge in [0.25, 0.3) is 0 Å². The molecule has 0 amide bonds. The van der Waals surface area contributed by atoms with Crippen LogP contribution >= 0.6 is 0 Å². The minimum absolute atomic E-state index is 0.161. The van der Waals surface area contributed by atoms with E-state index in [9.17, 15) is 0 Å². The molecule has 1 unspecified atom stereocenters. The Morgan fingerprint density at radius 2 is 1.80 bits per heavy atom. The Morgan fingerprint density at radius 1 is 1.20 bits per heavy atom. The fraction of sp³-hybridized carbons (Fsp3) is 1.00. The molecule has 0 saturated carbocycles. The molecule has 0 aliphatic carbocycles. The van der Waals surface area contributed by atoms with E-state index in [1.807, 2.05) is 0 Å². The normalized spacial score (nSPS) is 13.3. The number of hydrogen-bond acceptors (Lipinski definition) is 0. The molecule has 1 atom stereocenters. The van der Waals surface area contributed by atoms with Gasteiger partial charge in [-0.3, -0.25) is 0 Å². The van der Waals surface area contributed by atoms with Crippen molar-refractivity contribution in [3.05, 3.63) is 0 Å². The van der Waals surface area contributed by atoms with Crippen LogP contribution in [0.4, 0.5) is 0 Å². The molecule has 0 heterocycles. The molecule has 58 valence electrons. The summed E-state index contributed by atoms with van der Waals surface area (Å²) in [5.41, 5.74) is 0. The Hall–Kier alpha value is 0.623. The van der Waals surface area contributed by atoms with Crippen LogP contribution in [-0.2, 0) is 17.1 Å². The molecule has 0 aliphatic heterocycles. The van der Waals surface area contributed by atoms with Gasteiger partial charge in [0.05, 0.1) is 0 Å². The van der Waals surface area contributed by atoms with Crippen molar-refractivity contribution in [2.24, 2.45) is 0 Å². The third-order valence-electron chi connectivity index (χ3n) is 2.08. The summed E-state index contributed by atoms with van der Waals surface area (Å²) in [6.45, 7) is 9.47. The molecule has 0 radical (unpaired) electrons. The van der Waals surface area contributed by atoms with Crippen LogP contribution in [0.25, 0.3) is 0 Å². The average Bonchev–Trinajstić information content (AvgIpc) is 1.86. The molecule has 0 fully saturated rings. The SMILES string of the molecule is CCC[CH](CC)[Zn][CH](C)C. The molecule has 0 aromatic rings. The molecule has 0 nitrogen and oxygen atoms in total. The van der Waals surface area contributed by atoms with E-state index >= 15 is 0 Å². The molecule has 0 spiro atoms. The molecule has 0 saturated heterocycles. The molecule has 0 aromatic heterocycles. The quantitative estimate of drug-likeness (QED) is 0.581. The summed E-state index contributed by atoms with van der Waals surface area (Å²) in [6.07, 6.45) is 4.36. The summed E-state index contributed by atoms with van der Waals surface area (Å²) in [7, 11) is 0. The van der Waals surface area contributed by atoms with E-state index in [1.165, 1.54) is 23.8 Å². The van der Waals surface area contributed by atoms with Gasteiger partial charge in [-0.25, -0.2) is 0 Å². The Balaban J connectivity index is 3.39. The van der Waals surface area contributed by atoms with Crippen molar-refractivity contribution in [3.8, 4) is 0 Å². The summed E-state index contributed by atoms with van der Waals surface area (Å²) in [6, 6.07) is 0. The van der Waals surface area contributed by atoms with Crippen LogP contribution in [0, 0.1) is 0 Å². The van der Waals surface area contributed by atoms with Crippen LogP contribution in [0.15, 0.2) is 0 Å². The Labute approximate surface area is 73.4 Å². The van der Waals surface area contributed by atoms with Gasteiger partial charge in [-0.05, 0) is 0 Å². The summed E-state index contributed by atoms with van der Waals surface area (Å²) < 4.78 is 2.25. The van der Waals surface area contributed by atoms with E-state index in [0.717, 1.165) is 4.51 Å². The first-order valence-electron chi connectivity index (χ1n) is 4.70. The first kappa shape index (κ1) is 10.6. The van der Waals surface area contributed by atoms with E-state index < -0.39 is 0 Å². The van der Waals surface area contributed by atoms with E-state index in [0.29, 0.717) is 0 Å². The van der Waals surface area contributed by atoms with Gasteiger partial charge in [0.15, 0.2) is 0 Å². The predicted octanol–water partition coefficient (Wildman–Crippen LogP) is 3.90. The predicted molar refractivity (Wildman–Crippen MR) is 44.0 cm³/mol. The molecule has 0 N–H and O–H groups in total. The number of hydrogen-bond donors (Lipinski definition) is 0. The van der Waals surface area contributed by atoms with Gasteiger partial charge in [-0.15, -0.1) is 0 Å². The van der Waals surface area contributed by atoms with E-state index in [4.69, 9.17) is 0 Å². The van der Waals surface area contributed by atoms with Crippen LogP contribution in [0.1, 0.15) is 47.0 Å². The first-order chi connectivity index (χ1) is 4.70. The van der Waals surface area contributed by atoms with Crippen molar-refractivity contribution in [2.75, 3.05) is 0 Å². The zero-order valence-electron chi connectivity index (χ0n) is 7.98. The van der Waals surface area contributed by atoms with Crippen molar-refractivity contribution < 1.29 is 17.1 Å². The van der Waals surface area contributed by atoms with Crippen molar-refractivity contribution >= 4 is 0 Å².